The number of benzene rings is 1. The Morgan fingerprint density at radius 1 is 1.23 bits per heavy atom. The molecule has 0 unspecified atom stereocenters. The zero-order valence-electron chi connectivity index (χ0n) is 23.4. The highest BCUT2D eigenvalue weighted by molar-refractivity contribution is 6.33. The summed E-state index contributed by atoms with van der Waals surface area (Å²) in [5, 5.41) is 17.0. The summed E-state index contributed by atoms with van der Waals surface area (Å²) in [6.07, 6.45) is 3.66. The number of amides is 1. The Balaban J connectivity index is 1.41. The Bertz CT molecular complexity index is 1660. The van der Waals surface area contributed by atoms with Gasteiger partial charge in [0.2, 0.25) is 11.8 Å². The Labute approximate surface area is 250 Å². The van der Waals surface area contributed by atoms with E-state index in [0.29, 0.717) is 73.4 Å². The van der Waals surface area contributed by atoms with Crippen molar-refractivity contribution in [1.82, 2.24) is 34.9 Å². The highest BCUT2D eigenvalue weighted by atomic mass is 35.5. The van der Waals surface area contributed by atoms with Crippen LogP contribution >= 0.6 is 11.6 Å². The van der Waals surface area contributed by atoms with Gasteiger partial charge in [0.25, 0.3) is 0 Å². The first kappa shape index (κ1) is 29.0. The molecule has 2 N–H and O–H groups in total. The summed E-state index contributed by atoms with van der Waals surface area (Å²) in [4.78, 5) is 31.9. The molecule has 0 aliphatic carbocycles. The van der Waals surface area contributed by atoms with Gasteiger partial charge in [0.15, 0.2) is 5.75 Å². The van der Waals surface area contributed by atoms with E-state index in [1.54, 1.807) is 24.3 Å². The van der Waals surface area contributed by atoms with Crippen molar-refractivity contribution < 1.29 is 28.5 Å². The number of carbonyl (C=O) groups excluding carboxylic acids is 1. The second-order valence-corrected chi connectivity index (χ2v) is 10.6. The average molecular weight is 613 g/mol. The van der Waals surface area contributed by atoms with E-state index in [2.05, 4.69) is 21.8 Å². The number of β-amino-alcohol motifs (C(OH)–C–C–N with tert-alkyl or cyclic N) is 1. The number of likely N-dealkylation sites (tertiary alicyclic amines) is 1. The molecule has 2 aliphatic rings. The fourth-order valence-corrected chi connectivity index (χ4v) is 5.64. The van der Waals surface area contributed by atoms with E-state index in [1.165, 1.54) is 18.3 Å². The molecule has 5 heterocycles. The van der Waals surface area contributed by atoms with Gasteiger partial charge < -0.3 is 29.1 Å². The number of hydrogen-bond donors (Lipinski definition) is 2. The van der Waals surface area contributed by atoms with Gasteiger partial charge in [-0.1, -0.05) is 18.2 Å². The zero-order chi connectivity index (χ0) is 30.1. The topological polar surface area (TPSA) is 142 Å². The highest BCUT2D eigenvalue weighted by Gasteiger charge is 2.35. The van der Waals surface area contributed by atoms with Crippen molar-refractivity contribution in [2.75, 3.05) is 64.4 Å². The fourth-order valence-electron chi connectivity index (χ4n) is 5.45. The minimum atomic E-state index is -0.681. The second kappa shape index (κ2) is 12.2. The van der Waals surface area contributed by atoms with E-state index in [4.69, 9.17) is 35.8 Å². The molecule has 15 heteroatoms. The van der Waals surface area contributed by atoms with Crippen molar-refractivity contribution in [3.63, 3.8) is 0 Å². The lowest BCUT2D eigenvalue weighted by Gasteiger charge is -2.35. The van der Waals surface area contributed by atoms with E-state index in [9.17, 15) is 14.3 Å². The van der Waals surface area contributed by atoms with Gasteiger partial charge in [-0.3, -0.25) is 14.8 Å². The summed E-state index contributed by atoms with van der Waals surface area (Å²) in [5.74, 6) is -0.138. The monoisotopic (exact) mass is 612 g/mol. The number of rotatable bonds is 9. The number of aromatic amines is 1. The van der Waals surface area contributed by atoms with Crippen LogP contribution in [0.5, 0.6) is 17.6 Å². The maximum Gasteiger partial charge on any atom is 0.319 e. The molecule has 4 aromatic rings. The van der Waals surface area contributed by atoms with Crippen LogP contribution in [0.25, 0.3) is 21.8 Å². The van der Waals surface area contributed by atoms with Crippen LogP contribution in [0.3, 0.4) is 0 Å². The minimum absolute atomic E-state index is 0.0129. The first-order valence-corrected chi connectivity index (χ1v) is 14.1. The summed E-state index contributed by atoms with van der Waals surface area (Å²) in [5.41, 5.74) is 0.728. The number of pyridine rings is 1. The largest absolute Gasteiger partial charge is 0.456 e. The number of nitrogens with zero attached hydrogens (tertiary/aromatic N) is 7. The van der Waals surface area contributed by atoms with Crippen molar-refractivity contribution in [3.05, 3.63) is 48.0 Å². The first-order valence-electron chi connectivity index (χ1n) is 13.7. The van der Waals surface area contributed by atoms with Crippen LogP contribution in [0.4, 0.5) is 10.2 Å². The van der Waals surface area contributed by atoms with Gasteiger partial charge in [-0.2, -0.15) is 15.1 Å². The third-order valence-corrected chi connectivity index (χ3v) is 8.02. The number of halogens is 2. The van der Waals surface area contributed by atoms with Gasteiger partial charge in [-0.05, 0) is 12.1 Å². The molecule has 0 radical (unpaired) electrons. The second-order valence-electron chi connectivity index (χ2n) is 10.2. The Kier molecular flexibility index (Phi) is 8.25. The van der Waals surface area contributed by atoms with Gasteiger partial charge in [0.05, 0.1) is 29.1 Å². The number of aliphatic hydroxyl groups excluding tert-OH is 1. The van der Waals surface area contributed by atoms with E-state index < -0.39 is 11.9 Å². The molecule has 6 rings (SSSR count). The number of nitrogens with one attached hydrogen (secondary N) is 1. The summed E-state index contributed by atoms with van der Waals surface area (Å²) >= 11 is 6.34. The normalized spacial score (nSPS) is 19.3. The molecule has 2 fully saturated rings. The predicted octanol–water partition coefficient (Wildman–Crippen LogP) is 2.39. The van der Waals surface area contributed by atoms with Crippen molar-refractivity contribution in [1.29, 1.82) is 0 Å². The molecule has 2 saturated heterocycles. The molecule has 0 saturated carbocycles. The summed E-state index contributed by atoms with van der Waals surface area (Å²) in [7, 11) is 1.61. The van der Waals surface area contributed by atoms with Crippen LogP contribution in [0.2, 0.25) is 5.02 Å². The number of hydrogen-bond acceptors (Lipinski definition) is 11. The molecule has 226 valence electrons. The van der Waals surface area contributed by atoms with Crippen LogP contribution < -0.4 is 14.4 Å². The van der Waals surface area contributed by atoms with Gasteiger partial charge in [0, 0.05) is 65.2 Å². The molecule has 2 aliphatic heterocycles. The molecule has 13 nitrogen and oxygen atoms in total. The van der Waals surface area contributed by atoms with Gasteiger partial charge in [0.1, 0.15) is 34.4 Å². The maximum absolute atomic E-state index is 14.7. The van der Waals surface area contributed by atoms with E-state index >= 15 is 0 Å². The standard InChI is InChI=1S/C28H30ClFN8O5/c1-3-22(40)37-6-8-38(9-7-37)26-16-4-5-31-27(43-25-17-13-32-35-19(17)12-18(30)23(25)29)24(16)33-28(34-26)42-21-15-36(10-11-39)14-20(21)41-2/h3-5,12-13,20-21,39H,1,6-11,14-15H2,2H3,(H,32,35)/t20-,21-/m1/s1. The van der Waals surface area contributed by atoms with Crippen LogP contribution in [0.1, 0.15) is 0 Å². The van der Waals surface area contributed by atoms with Gasteiger partial charge in [-0.15, -0.1) is 0 Å². The number of carbonyl (C=O) groups is 1. The molecular weight excluding hydrogens is 583 g/mol. The summed E-state index contributed by atoms with van der Waals surface area (Å²) in [6, 6.07) is 3.08. The summed E-state index contributed by atoms with van der Waals surface area (Å²) < 4.78 is 32.8. The van der Waals surface area contributed by atoms with Gasteiger partial charge in [-0.25, -0.2) is 9.37 Å². The summed E-state index contributed by atoms with van der Waals surface area (Å²) in [6.45, 7) is 7.12. The Morgan fingerprint density at radius 2 is 2.02 bits per heavy atom. The number of piperazine rings is 1. The van der Waals surface area contributed by atoms with Crippen LogP contribution in [-0.2, 0) is 9.53 Å². The lowest BCUT2D eigenvalue weighted by Crippen LogP contribution is -2.48. The molecule has 3 aromatic heterocycles. The highest BCUT2D eigenvalue weighted by Crippen LogP contribution is 2.40. The smallest absolute Gasteiger partial charge is 0.319 e. The SMILES string of the molecule is C=CC(=O)N1CCN(c2nc(O[C@@H]3CN(CCO)C[C@H]3OC)nc3c(Oc4c(Cl)c(F)cc5[nH]ncc45)nccc23)CC1. The Hall–Kier alpha value is -4.11. The lowest BCUT2D eigenvalue weighted by atomic mass is 10.2. The lowest BCUT2D eigenvalue weighted by molar-refractivity contribution is -0.126. The molecule has 0 bridgehead atoms. The number of ether oxygens (including phenoxy) is 3. The maximum atomic E-state index is 14.7. The van der Waals surface area contributed by atoms with Crippen molar-refractivity contribution in [2.45, 2.75) is 12.2 Å². The molecular formula is C28H30ClFN8O5. The zero-order valence-corrected chi connectivity index (χ0v) is 24.1. The van der Waals surface area contributed by atoms with E-state index in [0.717, 1.165) is 0 Å². The predicted molar refractivity (Wildman–Crippen MR) is 156 cm³/mol. The third-order valence-electron chi connectivity index (χ3n) is 7.67. The first-order chi connectivity index (χ1) is 20.9. The Morgan fingerprint density at radius 3 is 2.77 bits per heavy atom. The van der Waals surface area contributed by atoms with Crippen LogP contribution in [0, 0.1) is 5.82 Å². The quantitative estimate of drug-likeness (QED) is 0.269. The number of anilines is 1. The van der Waals surface area contributed by atoms with Crippen LogP contribution in [0.15, 0.2) is 37.2 Å². The number of H-pyrrole nitrogens is 1. The van der Waals surface area contributed by atoms with E-state index in [-0.39, 0.29) is 41.3 Å². The average Bonchev–Trinajstić information content (AvgIpc) is 3.65. The van der Waals surface area contributed by atoms with Crippen molar-refractivity contribution in [3.8, 4) is 17.6 Å². The van der Waals surface area contributed by atoms with Crippen LogP contribution in [-0.4, -0.2) is 118 Å². The molecule has 1 amide bonds. The molecule has 0 spiro atoms. The van der Waals surface area contributed by atoms with E-state index in [1.807, 2.05) is 9.80 Å². The number of aliphatic hydroxyl groups is 1. The molecule has 2 atom stereocenters. The fraction of sp³-hybridized carbons (Fsp3) is 0.393. The number of fused-ring (bicyclic) bond motifs is 2. The van der Waals surface area contributed by atoms with Gasteiger partial charge >= 0.3 is 6.01 Å². The minimum Gasteiger partial charge on any atom is -0.456 e. The number of aromatic nitrogens is 5. The number of methoxy groups -OCH3 is 1. The molecule has 43 heavy (non-hydrogen) atoms. The van der Waals surface area contributed by atoms with Crippen molar-refractivity contribution in [2.24, 2.45) is 0 Å². The third kappa shape index (κ3) is 5.66. The van der Waals surface area contributed by atoms with Crippen molar-refractivity contribution >= 4 is 45.1 Å². The molecule has 1 aromatic carbocycles.